The van der Waals surface area contributed by atoms with Crippen molar-refractivity contribution in [3.05, 3.63) is 91.0 Å². The molecule has 0 fully saturated rings. The van der Waals surface area contributed by atoms with Gasteiger partial charge < -0.3 is 9.84 Å². The zero-order chi connectivity index (χ0) is 21.2. The van der Waals surface area contributed by atoms with Crippen molar-refractivity contribution in [2.45, 2.75) is 23.2 Å². The van der Waals surface area contributed by atoms with E-state index in [4.69, 9.17) is 4.74 Å². The summed E-state index contributed by atoms with van der Waals surface area (Å²) >= 11 is 1.25. The van der Waals surface area contributed by atoms with Gasteiger partial charge in [0.1, 0.15) is 11.4 Å². The average molecular weight is 421 g/mol. The first-order valence-electron chi connectivity index (χ1n) is 9.69. The van der Waals surface area contributed by atoms with Crippen LogP contribution in [-0.4, -0.2) is 35.3 Å². The van der Waals surface area contributed by atoms with Crippen molar-refractivity contribution < 1.29 is 14.6 Å². The van der Waals surface area contributed by atoms with E-state index in [9.17, 15) is 9.90 Å². The number of carbonyl (C=O) groups excluding carboxylic acids is 1. The Kier molecular flexibility index (Phi) is 8.06. The quantitative estimate of drug-likeness (QED) is 0.231. The van der Waals surface area contributed by atoms with Crippen LogP contribution in [0.1, 0.15) is 6.92 Å². The maximum Gasteiger partial charge on any atom is 0.322 e. The second kappa shape index (κ2) is 11.2. The summed E-state index contributed by atoms with van der Waals surface area (Å²) in [6.07, 6.45) is 0.251. The Bertz CT molecular complexity index is 897. The minimum absolute atomic E-state index is 0.245. The van der Waals surface area contributed by atoms with E-state index in [-0.39, 0.29) is 6.61 Å². The molecule has 0 aliphatic rings. The van der Waals surface area contributed by atoms with Gasteiger partial charge in [-0.3, -0.25) is 4.79 Å². The van der Waals surface area contributed by atoms with Crippen LogP contribution in [0.3, 0.4) is 0 Å². The fourth-order valence-corrected chi connectivity index (χ4v) is 3.74. The molecule has 2 atom stereocenters. The number of hydrogen-bond donors (Lipinski definition) is 1. The third-order valence-corrected chi connectivity index (χ3v) is 5.44. The van der Waals surface area contributed by atoms with E-state index >= 15 is 0 Å². The molecule has 3 aromatic rings. The summed E-state index contributed by atoms with van der Waals surface area (Å²) in [5.74, 6) is -0.476. The number of anilines is 2. The number of para-hydroxylation sites is 2. The topological polar surface area (TPSA) is 62.1 Å². The molecule has 154 valence electrons. The van der Waals surface area contributed by atoms with Crippen LogP contribution in [0.2, 0.25) is 0 Å². The van der Waals surface area contributed by atoms with Gasteiger partial charge in [-0.1, -0.05) is 54.6 Å². The number of rotatable bonds is 9. The van der Waals surface area contributed by atoms with E-state index in [0.717, 1.165) is 16.3 Å². The van der Waals surface area contributed by atoms with Gasteiger partial charge in [-0.25, -0.2) is 5.01 Å². The number of carbonyl (C=O) groups is 1. The molecule has 30 heavy (non-hydrogen) atoms. The molecular formula is C24H24N2O3S. The second-order valence-electron chi connectivity index (χ2n) is 6.34. The lowest BCUT2D eigenvalue weighted by Gasteiger charge is -2.22. The van der Waals surface area contributed by atoms with Gasteiger partial charge >= 0.3 is 5.97 Å². The van der Waals surface area contributed by atoms with E-state index in [1.165, 1.54) is 18.0 Å². The molecular weight excluding hydrogens is 396 g/mol. The van der Waals surface area contributed by atoms with Crippen LogP contribution in [0.5, 0.6) is 0 Å². The van der Waals surface area contributed by atoms with Crippen molar-refractivity contribution in [2.75, 3.05) is 11.6 Å². The molecule has 0 heterocycles. The van der Waals surface area contributed by atoms with Gasteiger partial charge in [0.25, 0.3) is 0 Å². The van der Waals surface area contributed by atoms with Crippen molar-refractivity contribution in [1.29, 1.82) is 0 Å². The molecule has 5 nitrogen and oxygen atoms in total. The summed E-state index contributed by atoms with van der Waals surface area (Å²) in [4.78, 5) is 13.4. The van der Waals surface area contributed by atoms with Gasteiger partial charge in [0.15, 0.2) is 0 Å². The molecule has 0 spiro atoms. The van der Waals surface area contributed by atoms with Gasteiger partial charge in [0, 0.05) is 4.90 Å². The highest BCUT2D eigenvalue weighted by molar-refractivity contribution is 8.00. The highest BCUT2D eigenvalue weighted by Gasteiger charge is 2.28. The predicted octanol–water partition coefficient (Wildman–Crippen LogP) is 4.90. The lowest BCUT2D eigenvalue weighted by atomic mass is 10.2. The molecule has 3 aromatic carbocycles. The van der Waals surface area contributed by atoms with Crippen LogP contribution >= 0.6 is 11.8 Å². The number of nitrogens with zero attached hydrogens (tertiary/aromatic N) is 2. The molecule has 0 saturated heterocycles. The first-order valence-corrected chi connectivity index (χ1v) is 10.6. The molecule has 0 bridgehead atoms. The molecule has 0 saturated carbocycles. The lowest BCUT2D eigenvalue weighted by molar-refractivity contribution is -0.143. The van der Waals surface area contributed by atoms with Crippen LogP contribution in [0.25, 0.3) is 0 Å². The highest BCUT2D eigenvalue weighted by atomic mass is 32.2. The van der Waals surface area contributed by atoms with Crippen LogP contribution in [0.15, 0.2) is 101 Å². The van der Waals surface area contributed by atoms with Gasteiger partial charge in [-0.05, 0) is 43.3 Å². The molecule has 0 unspecified atom stereocenters. The first kappa shape index (κ1) is 21.6. The van der Waals surface area contributed by atoms with E-state index in [0.29, 0.717) is 0 Å². The maximum atomic E-state index is 12.5. The molecule has 0 amide bonds. The Morgan fingerprint density at radius 1 is 0.967 bits per heavy atom. The number of hydrogen-bond acceptors (Lipinski definition) is 6. The van der Waals surface area contributed by atoms with Crippen LogP contribution in [0.4, 0.5) is 11.4 Å². The summed E-state index contributed by atoms with van der Waals surface area (Å²) in [6.45, 7) is 1.99. The number of benzene rings is 3. The average Bonchev–Trinajstić information content (AvgIpc) is 2.80. The van der Waals surface area contributed by atoms with E-state index in [2.05, 4.69) is 5.10 Å². The van der Waals surface area contributed by atoms with Crippen molar-refractivity contribution in [1.82, 2.24) is 0 Å². The van der Waals surface area contributed by atoms with E-state index < -0.39 is 17.3 Å². The Morgan fingerprint density at radius 2 is 1.47 bits per heavy atom. The Morgan fingerprint density at radius 3 is 1.97 bits per heavy atom. The van der Waals surface area contributed by atoms with Crippen molar-refractivity contribution in [3.8, 4) is 0 Å². The normalized spacial score (nSPS) is 13.0. The number of thioether (sulfide) groups is 1. The molecule has 6 heteroatoms. The highest BCUT2D eigenvalue weighted by Crippen LogP contribution is 2.28. The third-order valence-electron chi connectivity index (χ3n) is 4.17. The van der Waals surface area contributed by atoms with E-state index in [1.54, 1.807) is 11.9 Å². The summed E-state index contributed by atoms with van der Waals surface area (Å²) in [5.41, 5.74) is 1.69. The van der Waals surface area contributed by atoms with Crippen LogP contribution in [0, 0.1) is 0 Å². The number of aliphatic hydroxyl groups excluding tert-OH is 1. The summed E-state index contributed by atoms with van der Waals surface area (Å²) < 4.78 is 5.18. The number of hydrazone groups is 1. The number of esters is 1. The SMILES string of the molecule is CCOC(=O)[C@@H](Sc1ccccc1)[C@@H](O)/C=N/N(c1ccccc1)c1ccccc1. The minimum Gasteiger partial charge on any atom is -0.465 e. The summed E-state index contributed by atoms with van der Waals surface area (Å²) in [6, 6.07) is 28.7. The van der Waals surface area contributed by atoms with E-state index in [1.807, 2.05) is 91.0 Å². The Labute approximate surface area is 181 Å². The van der Waals surface area contributed by atoms with Crippen molar-refractivity contribution in [3.63, 3.8) is 0 Å². The molecule has 3 rings (SSSR count). The van der Waals surface area contributed by atoms with Gasteiger partial charge in [-0.2, -0.15) is 5.10 Å². The minimum atomic E-state index is -1.14. The summed E-state index contributed by atoms with van der Waals surface area (Å²) in [5, 5.41) is 16.2. The first-order chi connectivity index (χ1) is 14.7. The third kappa shape index (κ3) is 5.95. The monoisotopic (exact) mass is 420 g/mol. The van der Waals surface area contributed by atoms with Crippen LogP contribution < -0.4 is 5.01 Å². The second-order valence-corrected chi connectivity index (χ2v) is 7.56. The largest absolute Gasteiger partial charge is 0.465 e. The molecule has 0 radical (unpaired) electrons. The fraction of sp³-hybridized carbons (Fsp3) is 0.167. The maximum absolute atomic E-state index is 12.5. The Balaban J connectivity index is 1.85. The zero-order valence-electron chi connectivity index (χ0n) is 16.7. The van der Waals surface area contributed by atoms with Crippen LogP contribution in [-0.2, 0) is 9.53 Å². The molecule has 0 aliphatic heterocycles. The number of ether oxygens (including phenoxy) is 1. The number of aliphatic hydroxyl groups is 1. The van der Waals surface area contributed by atoms with Crippen molar-refractivity contribution in [2.24, 2.45) is 5.10 Å². The summed E-state index contributed by atoms with van der Waals surface area (Å²) in [7, 11) is 0. The zero-order valence-corrected chi connectivity index (χ0v) is 17.5. The smallest absolute Gasteiger partial charge is 0.322 e. The molecule has 0 aliphatic carbocycles. The molecule has 1 N–H and O–H groups in total. The van der Waals surface area contributed by atoms with Crippen molar-refractivity contribution >= 4 is 35.3 Å². The lowest BCUT2D eigenvalue weighted by Crippen LogP contribution is -2.34. The standard InChI is InChI=1S/C24H24N2O3S/c1-2-29-24(28)23(30-21-16-10-5-11-17-21)22(27)18-25-26(19-12-6-3-7-13-19)20-14-8-4-9-15-20/h3-18,22-23,27H,2H2,1H3/b25-18+/t22-,23-/m0/s1. The van der Waals surface area contributed by atoms with Gasteiger partial charge in [0.05, 0.1) is 24.2 Å². The Hall–Kier alpha value is -3.09. The predicted molar refractivity (Wildman–Crippen MR) is 122 cm³/mol. The fourth-order valence-electron chi connectivity index (χ4n) is 2.76. The van der Waals surface area contributed by atoms with Gasteiger partial charge in [-0.15, -0.1) is 11.8 Å². The molecule has 0 aromatic heterocycles. The van der Waals surface area contributed by atoms with Gasteiger partial charge in [0.2, 0.25) is 0 Å².